The van der Waals surface area contributed by atoms with Gasteiger partial charge in [0.1, 0.15) is 9.48 Å². The molecule has 0 aliphatic heterocycles. The second kappa shape index (κ2) is 3.71. The van der Waals surface area contributed by atoms with E-state index in [-0.39, 0.29) is 16.5 Å². The lowest BCUT2D eigenvalue weighted by Crippen LogP contribution is -2.24. The van der Waals surface area contributed by atoms with Gasteiger partial charge in [0.25, 0.3) is 5.91 Å². The molecule has 0 bridgehead atoms. The Bertz CT molecular complexity index is 375. The number of thiazole rings is 1. The molecule has 6 nitrogen and oxygen atoms in total. The summed E-state index contributed by atoms with van der Waals surface area (Å²) in [6, 6.07) is 0. The lowest BCUT2D eigenvalue weighted by atomic mass is 10.3. The smallest absolute Gasteiger partial charge is 0.273 e. The molecule has 0 aliphatic rings. The third kappa shape index (κ3) is 1.95. The molecule has 0 saturated carbocycles. The van der Waals surface area contributed by atoms with Gasteiger partial charge in [-0.05, 0) is 15.9 Å². The molecule has 1 rings (SSSR count). The number of carbonyl (C=O) groups excluding carboxylic acids is 1. The molecule has 0 saturated heterocycles. The average Bonchev–Trinajstić information content (AvgIpc) is 2.31. The van der Waals surface area contributed by atoms with Crippen LogP contribution in [0.15, 0.2) is 8.94 Å². The number of carbonyl (C=O) groups is 1. The quantitative estimate of drug-likeness (QED) is 0.401. The summed E-state index contributed by atoms with van der Waals surface area (Å²) in [7, 11) is 0. The van der Waals surface area contributed by atoms with E-state index in [1.165, 1.54) is 0 Å². The van der Waals surface area contributed by atoms with E-state index in [4.69, 9.17) is 16.7 Å². The highest BCUT2D eigenvalue weighted by molar-refractivity contribution is 9.11. The van der Waals surface area contributed by atoms with Gasteiger partial charge in [0, 0.05) is 0 Å². The molecule has 0 fully saturated rings. The van der Waals surface area contributed by atoms with E-state index in [9.17, 15) is 4.79 Å². The van der Waals surface area contributed by atoms with Gasteiger partial charge in [-0.15, -0.1) is 0 Å². The van der Waals surface area contributed by atoms with Crippen LogP contribution in [0, 0.1) is 0 Å². The van der Waals surface area contributed by atoms with Crippen molar-refractivity contribution in [2.24, 2.45) is 10.9 Å². The number of oxime groups is 1. The number of hydrogen-bond acceptors (Lipinski definition) is 6. The highest BCUT2D eigenvalue weighted by atomic mass is 79.9. The predicted octanol–water partition coefficient (Wildman–Crippen LogP) is 0.151. The number of nitrogens with two attached hydrogens (primary N) is 2. The minimum absolute atomic E-state index is 0.150. The van der Waals surface area contributed by atoms with Crippen LogP contribution in [0.2, 0.25) is 0 Å². The van der Waals surface area contributed by atoms with Gasteiger partial charge >= 0.3 is 0 Å². The predicted molar refractivity (Wildman–Crippen MR) is 51.7 cm³/mol. The van der Waals surface area contributed by atoms with Gasteiger partial charge in [-0.1, -0.05) is 16.5 Å². The Kier molecular flexibility index (Phi) is 2.83. The Morgan fingerprint density at radius 2 is 2.31 bits per heavy atom. The summed E-state index contributed by atoms with van der Waals surface area (Å²) in [5.41, 5.74) is 10.1. The van der Waals surface area contributed by atoms with Crippen molar-refractivity contribution in [2.45, 2.75) is 0 Å². The topological polar surface area (TPSA) is 115 Å². The summed E-state index contributed by atoms with van der Waals surface area (Å²) < 4.78 is 0.497. The number of amides is 1. The number of aromatic nitrogens is 1. The fourth-order valence-corrected chi connectivity index (χ4v) is 2.01. The van der Waals surface area contributed by atoms with Crippen molar-refractivity contribution < 1.29 is 10.0 Å². The van der Waals surface area contributed by atoms with E-state index < -0.39 is 5.91 Å². The number of nitrogen functional groups attached to an aromatic ring is 1. The molecule has 0 aliphatic carbocycles. The standard InChI is InChI=1S/C5H5BrN4O2S/c6-3-1(9-5(8)13-3)2(10-12)4(7)11/h12H,(H2,7,11)(H2,8,9). The molecule has 1 aromatic rings. The Labute approximate surface area is 85.4 Å². The fourth-order valence-electron chi connectivity index (χ4n) is 0.676. The minimum atomic E-state index is -0.867. The molecule has 5 N–H and O–H groups in total. The van der Waals surface area contributed by atoms with Gasteiger partial charge in [0.2, 0.25) is 0 Å². The summed E-state index contributed by atoms with van der Waals surface area (Å²) in [6.07, 6.45) is 0. The van der Waals surface area contributed by atoms with Gasteiger partial charge in [-0.3, -0.25) is 4.79 Å². The number of anilines is 1. The van der Waals surface area contributed by atoms with E-state index in [0.717, 1.165) is 11.3 Å². The lowest BCUT2D eigenvalue weighted by molar-refractivity contribution is -0.112. The SMILES string of the molecule is NC(=O)C(=NO)c1nc(N)sc1Br. The summed E-state index contributed by atoms with van der Waals surface area (Å²) in [6.45, 7) is 0. The van der Waals surface area contributed by atoms with Gasteiger partial charge in [-0.25, -0.2) is 4.98 Å². The molecule has 1 amide bonds. The molecule has 1 aromatic heterocycles. The Balaban J connectivity index is 3.20. The molecule has 13 heavy (non-hydrogen) atoms. The highest BCUT2D eigenvalue weighted by Gasteiger charge is 2.18. The second-order valence-electron chi connectivity index (χ2n) is 1.99. The number of halogens is 1. The van der Waals surface area contributed by atoms with Crippen molar-refractivity contribution in [2.75, 3.05) is 5.73 Å². The van der Waals surface area contributed by atoms with Gasteiger partial charge in [-0.2, -0.15) is 0 Å². The zero-order chi connectivity index (χ0) is 10.0. The zero-order valence-corrected chi connectivity index (χ0v) is 8.59. The van der Waals surface area contributed by atoms with E-state index in [2.05, 4.69) is 26.1 Å². The minimum Gasteiger partial charge on any atom is -0.410 e. The Morgan fingerprint density at radius 1 is 1.69 bits per heavy atom. The molecule has 8 heteroatoms. The number of hydrogen-bond donors (Lipinski definition) is 3. The van der Waals surface area contributed by atoms with Crippen LogP contribution < -0.4 is 11.5 Å². The Morgan fingerprint density at radius 3 is 2.62 bits per heavy atom. The van der Waals surface area contributed by atoms with Crippen molar-refractivity contribution in [1.29, 1.82) is 0 Å². The van der Waals surface area contributed by atoms with Crippen molar-refractivity contribution in [3.05, 3.63) is 9.48 Å². The maximum Gasteiger partial charge on any atom is 0.273 e. The first-order valence-electron chi connectivity index (χ1n) is 3.00. The number of primary amides is 1. The molecule has 70 valence electrons. The second-order valence-corrected chi connectivity index (χ2v) is 4.34. The molecule has 0 aromatic carbocycles. The monoisotopic (exact) mass is 264 g/mol. The zero-order valence-electron chi connectivity index (χ0n) is 6.19. The van der Waals surface area contributed by atoms with Gasteiger partial charge < -0.3 is 16.7 Å². The maximum atomic E-state index is 10.7. The third-order valence-electron chi connectivity index (χ3n) is 1.16. The van der Waals surface area contributed by atoms with Crippen molar-refractivity contribution in [3.63, 3.8) is 0 Å². The van der Waals surface area contributed by atoms with E-state index in [1.807, 2.05) is 0 Å². The normalized spacial score (nSPS) is 11.6. The van der Waals surface area contributed by atoms with Crippen LogP contribution >= 0.6 is 27.3 Å². The van der Waals surface area contributed by atoms with Gasteiger partial charge in [0.05, 0.1) is 0 Å². The fraction of sp³-hybridized carbons (Fsp3) is 0. The largest absolute Gasteiger partial charge is 0.410 e. The van der Waals surface area contributed by atoms with Gasteiger partial charge in [0.15, 0.2) is 10.8 Å². The summed E-state index contributed by atoms with van der Waals surface area (Å²) in [5, 5.41) is 11.5. The summed E-state index contributed by atoms with van der Waals surface area (Å²) in [5.74, 6) is -0.867. The summed E-state index contributed by atoms with van der Waals surface area (Å²) >= 11 is 4.22. The first-order chi connectivity index (χ1) is 6.06. The summed E-state index contributed by atoms with van der Waals surface area (Å²) in [4.78, 5) is 14.5. The van der Waals surface area contributed by atoms with E-state index >= 15 is 0 Å². The Hall–Kier alpha value is -1.15. The molecular formula is C5H5BrN4O2S. The first kappa shape index (κ1) is 9.93. The maximum absolute atomic E-state index is 10.7. The number of nitrogens with zero attached hydrogens (tertiary/aromatic N) is 2. The van der Waals surface area contributed by atoms with E-state index in [1.54, 1.807) is 0 Å². The van der Waals surface area contributed by atoms with Crippen LogP contribution in [0.4, 0.5) is 5.13 Å². The van der Waals surface area contributed by atoms with E-state index in [0.29, 0.717) is 3.79 Å². The third-order valence-corrected chi connectivity index (χ3v) is 2.69. The van der Waals surface area contributed by atoms with Crippen LogP contribution in [-0.4, -0.2) is 21.8 Å². The van der Waals surface area contributed by atoms with Crippen molar-refractivity contribution >= 4 is 44.0 Å². The molecular weight excluding hydrogens is 260 g/mol. The average molecular weight is 265 g/mol. The van der Waals surface area contributed by atoms with Crippen molar-refractivity contribution in [1.82, 2.24) is 4.98 Å². The molecule has 0 radical (unpaired) electrons. The molecule has 0 spiro atoms. The highest BCUT2D eigenvalue weighted by Crippen LogP contribution is 2.26. The van der Waals surface area contributed by atoms with Crippen LogP contribution in [0.25, 0.3) is 0 Å². The van der Waals surface area contributed by atoms with Crippen LogP contribution in [-0.2, 0) is 4.79 Å². The number of rotatable bonds is 2. The van der Waals surface area contributed by atoms with Crippen LogP contribution in [0.3, 0.4) is 0 Å². The van der Waals surface area contributed by atoms with Crippen molar-refractivity contribution in [3.8, 4) is 0 Å². The first-order valence-corrected chi connectivity index (χ1v) is 4.61. The molecule has 0 unspecified atom stereocenters. The van der Waals surface area contributed by atoms with Crippen LogP contribution in [0.1, 0.15) is 5.69 Å². The molecule has 0 atom stereocenters. The van der Waals surface area contributed by atoms with Crippen LogP contribution in [0.5, 0.6) is 0 Å². The molecule has 1 heterocycles. The lowest BCUT2D eigenvalue weighted by Gasteiger charge is -1.94.